The monoisotopic (exact) mass is 297 g/mol. The summed E-state index contributed by atoms with van der Waals surface area (Å²) in [6.45, 7) is 2.91. The van der Waals surface area contributed by atoms with E-state index in [1.165, 1.54) is 12.8 Å². The highest BCUT2D eigenvalue weighted by Crippen LogP contribution is 2.30. The van der Waals surface area contributed by atoms with Gasteiger partial charge in [0.05, 0.1) is 6.61 Å². The number of hydrogen-bond acceptors (Lipinski definition) is 4. The van der Waals surface area contributed by atoms with E-state index in [0.717, 1.165) is 24.3 Å². The molecule has 0 spiro atoms. The number of para-hydroxylation sites is 1. The molecule has 22 heavy (non-hydrogen) atoms. The van der Waals surface area contributed by atoms with Gasteiger partial charge in [0.2, 0.25) is 5.89 Å². The van der Waals surface area contributed by atoms with Crippen LogP contribution in [0, 0.1) is 0 Å². The molecule has 0 atom stereocenters. The standard InChI is InChI=1S/C18H19NO3/c1-2-3-4-12-21-14-10-8-13(9-11-14)18-19-17-15(20)6-5-7-16(17)22-18/h5-11,20H,2-4,12H2,1H3. The average molecular weight is 297 g/mol. The number of fused-ring (bicyclic) bond motifs is 1. The van der Waals surface area contributed by atoms with Gasteiger partial charge >= 0.3 is 0 Å². The number of rotatable bonds is 6. The van der Waals surface area contributed by atoms with Crippen molar-refractivity contribution in [3.8, 4) is 23.0 Å². The smallest absolute Gasteiger partial charge is 0.227 e. The van der Waals surface area contributed by atoms with E-state index in [-0.39, 0.29) is 5.75 Å². The quantitative estimate of drug-likeness (QED) is 0.666. The summed E-state index contributed by atoms with van der Waals surface area (Å²) < 4.78 is 11.4. The number of hydrogen-bond donors (Lipinski definition) is 1. The Morgan fingerprint density at radius 2 is 1.91 bits per heavy atom. The van der Waals surface area contributed by atoms with E-state index in [4.69, 9.17) is 9.15 Å². The Hall–Kier alpha value is -2.49. The van der Waals surface area contributed by atoms with Crippen molar-refractivity contribution in [2.75, 3.05) is 6.61 Å². The number of aromatic hydroxyl groups is 1. The number of ether oxygens (including phenoxy) is 1. The van der Waals surface area contributed by atoms with Crippen molar-refractivity contribution in [1.29, 1.82) is 0 Å². The first kappa shape index (κ1) is 14.4. The minimum absolute atomic E-state index is 0.128. The lowest BCUT2D eigenvalue weighted by molar-refractivity contribution is 0.306. The lowest BCUT2D eigenvalue weighted by atomic mass is 10.2. The van der Waals surface area contributed by atoms with Crippen molar-refractivity contribution in [3.05, 3.63) is 42.5 Å². The zero-order valence-corrected chi connectivity index (χ0v) is 12.6. The molecule has 1 heterocycles. The predicted molar refractivity (Wildman–Crippen MR) is 86.1 cm³/mol. The molecule has 3 aromatic rings. The molecule has 0 bridgehead atoms. The van der Waals surface area contributed by atoms with Gasteiger partial charge in [-0.1, -0.05) is 25.8 Å². The minimum Gasteiger partial charge on any atom is -0.506 e. The summed E-state index contributed by atoms with van der Waals surface area (Å²) in [7, 11) is 0. The summed E-state index contributed by atoms with van der Waals surface area (Å²) in [5.41, 5.74) is 1.92. The lowest BCUT2D eigenvalue weighted by Crippen LogP contribution is -1.96. The Labute approximate surface area is 129 Å². The molecule has 0 saturated carbocycles. The zero-order chi connectivity index (χ0) is 15.4. The molecular formula is C18H19NO3. The summed E-state index contributed by atoms with van der Waals surface area (Å²) >= 11 is 0. The first-order valence-corrected chi connectivity index (χ1v) is 7.59. The van der Waals surface area contributed by atoms with Crippen LogP contribution in [0.2, 0.25) is 0 Å². The Morgan fingerprint density at radius 3 is 2.64 bits per heavy atom. The third-order valence-electron chi connectivity index (χ3n) is 3.52. The molecular weight excluding hydrogens is 278 g/mol. The molecule has 0 aliphatic carbocycles. The number of phenolic OH excluding ortho intramolecular Hbond substituents is 1. The molecule has 0 aliphatic rings. The molecule has 114 valence electrons. The van der Waals surface area contributed by atoms with Crippen LogP contribution in [0.15, 0.2) is 46.9 Å². The Balaban J connectivity index is 1.75. The Kier molecular flexibility index (Phi) is 4.28. The van der Waals surface area contributed by atoms with E-state index in [1.807, 2.05) is 24.3 Å². The second-order valence-electron chi connectivity index (χ2n) is 5.22. The van der Waals surface area contributed by atoms with Crippen LogP contribution in [-0.2, 0) is 0 Å². The van der Waals surface area contributed by atoms with Crippen LogP contribution in [-0.4, -0.2) is 16.7 Å². The first-order valence-electron chi connectivity index (χ1n) is 7.59. The number of nitrogens with zero attached hydrogens (tertiary/aromatic N) is 1. The van der Waals surface area contributed by atoms with Gasteiger partial charge in [0.25, 0.3) is 0 Å². The number of aromatic nitrogens is 1. The van der Waals surface area contributed by atoms with E-state index in [9.17, 15) is 5.11 Å². The van der Waals surface area contributed by atoms with Crippen molar-refractivity contribution < 1.29 is 14.3 Å². The molecule has 4 nitrogen and oxygen atoms in total. The molecule has 1 aromatic heterocycles. The van der Waals surface area contributed by atoms with Crippen molar-refractivity contribution in [2.45, 2.75) is 26.2 Å². The maximum Gasteiger partial charge on any atom is 0.227 e. The molecule has 0 fully saturated rings. The van der Waals surface area contributed by atoms with Crippen molar-refractivity contribution in [3.63, 3.8) is 0 Å². The Morgan fingerprint density at radius 1 is 1.09 bits per heavy atom. The van der Waals surface area contributed by atoms with Crippen molar-refractivity contribution in [1.82, 2.24) is 4.98 Å². The van der Waals surface area contributed by atoms with Crippen LogP contribution in [0.25, 0.3) is 22.6 Å². The second kappa shape index (κ2) is 6.52. The highest BCUT2D eigenvalue weighted by Gasteiger charge is 2.10. The number of oxazole rings is 1. The number of phenols is 1. The maximum atomic E-state index is 9.77. The average Bonchev–Trinajstić information content (AvgIpc) is 2.98. The summed E-state index contributed by atoms with van der Waals surface area (Å²) in [5, 5.41) is 9.77. The largest absolute Gasteiger partial charge is 0.506 e. The highest BCUT2D eigenvalue weighted by atomic mass is 16.5. The summed E-state index contributed by atoms with van der Waals surface area (Å²) in [6, 6.07) is 12.8. The molecule has 0 unspecified atom stereocenters. The molecule has 0 radical (unpaired) electrons. The minimum atomic E-state index is 0.128. The summed E-state index contributed by atoms with van der Waals surface area (Å²) in [6.07, 6.45) is 3.44. The molecule has 0 saturated heterocycles. The highest BCUT2D eigenvalue weighted by molar-refractivity contribution is 5.81. The topological polar surface area (TPSA) is 55.5 Å². The number of benzene rings is 2. The first-order chi connectivity index (χ1) is 10.8. The SMILES string of the molecule is CCCCCOc1ccc(-c2nc3c(O)cccc3o2)cc1. The molecule has 2 aromatic carbocycles. The summed E-state index contributed by atoms with van der Waals surface area (Å²) in [4.78, 5) is 4.34. The van der Waals surface area contributed by atoms with E-state index in [1.54, 1.807) is 18.2 Å². The predicted octanol–water partition coefficient (Wildman–Crippen LogP) is 4.77. The fourth-order valence-electron chi connectivity index (χ4n) is 2.29. The molecule has 1 N–H and O–H groups in total. The van der Waals surface area contributed by atoms with Gasteiger partial charge in [-0.2, -0.15) is 0 Å². The number of unbranched alkanes of at least 4 members (excludes halogenated alkanes) is 2. The van der Waals surface area contributed by atoms with E-state index < -0.39 is 0 Å². The molecule has 0 amide bonds. The Bertz CT molecular complexity index is 747. The van der Waals surface area contributed by atoms with Crippen molar-refractivity contribution >= 4 is 11.1 Å². The van der Waals surface area contributed by atoms with Crippen LogP contribution in [0.5, 0.6) is 11.5 Å². The van der Waals surface area contributed by atoms with E-state index in [2.05, 4.69) is 11.9 Å². The third-order valence-corrected chi connectivity index (χ3v) is 3.52. The third kappa shape index (κ3) is 3.06. The zero-order valence-electron chi connectivity index (χ0n) is 12.6. The second-order valence-corrected chi connectivity index (χ2v) is 5.22. The van der Waals surface area contributed by atoms with Crippen LogP contribution in [0.3, 0.4) is 0 Å². The van der Waals surface area contributed by atoms with Crippen LogP contribution < -0.4 is 4.74 Å². The van der Waals surface area contributed by atoms with Crippen LogP contribution in [0.4, 0.5) is 0 Å². The van der Waals surface area contributed by atoms with Gasteiger partial charge in [0, 0.05) is 5.56 Å². The fraction of sp³-hybridized carbons (Fsp3) is 0.278. The fourth-order valence-corrected chi connectivity index (χ4v) is 2.29. The van der Waals surface area contributed by atoms with Gasteiger partial charge in [0.1, 0.15) is 11.5 Å². The molecule has 4 heteroatoms. The van der Waals surface area contributed by atoms with Crippen molar-refractivity contribution in [2.24, 2.45) is 0 Å². The van der Waals surface area contributed by atoms with E-state index in [0.29, 0.717) is 17.0 Å². The van der Waals surface area contributed by atoms with Gasteiger partial charge in [-0.25, -0.2) is 4.98 Å². The van der Waals surface area contributed by atoms with Gasteiger partial charge < -0.3 is 14.3 Å². The van der Waals surface area contributed by atoms with Gasteiger partial charge in [-0.3, -0.25) is 0 Å². The summed E-state index contributed by atoms with van der Waals surface area (Å²) in [5.74, 6) is 1.47. The van der Waals surface area contributed by atoms with E-state index >= 15 is 0 Å². The molecule has 3 rings (SSSR count). The van der Waals surface area contributed by atoms with Gasteiger partial charge in [0.15, 0.2) is 11.1 Å². The lowest BCUT2D eigenvalue weighted by Gasteiger charge is -2.05. The van der Waals surface area contributed by atoms with Gasteiger partial charge in [-0.05, 0) is 42.8 Å². The van der Waals surface area contributed by atoms with Gasteiger partial charge in [-0.15, -0.1) is 0 Å². The molecule has 0 aliphatic heterocycles. The maximum absolute atomic E-state index is 9.77. The van der Waals surface area contributed by atoms with Crippen LogP contribution in [0.1, 0.15) is 26.2 Å². The normalized spacial score (nSPS) is 11.0. The van der Waals surface area contributed by atoms with Crippen LogP contribution >= 0.6 is 0 Å².